The second kappa shape index (κ2) is 8.87. The predicted octanol–water partition coefficient (Wildman–Crippen LogP) is 3.36. The van der Waals surface area contributed by atoms with Crippen LogP contribution < -0.4 is 0 Å². The first-order chi connectivity index (χ1) is 14.4. The van der Waals surface area contributed by atoms with Gasteiger partial charge >= 0.3 is 0 Å². The number of hydrogen-bond acceptors (Lipinski definition) is 5. The first-order valence-corrected chi connectivity index (χ1v) is 12.2. The Labute approximate surface area is 179 Å². The Morgan fingerprint density at radius 1 is 1.00 bits per heavy atom. The van der Waals surface area contributed by atoms with E-state index >= 15 is 0 Å². The summed E-state index contributed by atoms with van der Waals surface area (Å²) >= 11 is 1.43. The Morgan fingerprint density at radius 2 is 1.67 bits per heavy atom. The molecule has 0 saturated carbocycles. The van der Waals surface area contributed by atoms with E-state index in [-0.39, 0.29) is 16.6 Å². The molecule has 2 aromatic carbocycles. The lowest BCUT2D eigenvalue weighted by atomic mass is 10.2. The van der Waals surface area contributed by atoms with Crippen LogP contribution in [0.4, 0.5) is 4.39 Å². The zero-order valence-electron chi connectivity index (χ0n) is 16.3. The maximum absolute atomic E-state index is 13.0. The van der Waals surface area contributed by atoms with Crippen molar-refractivity contribution in [2.75, 3.05) is 26.2 Å². The van der Waals surface area contributed by atoms with Crippen LogP contribution in [0, 0.1) is 5.82 Å². The van der Waals surface area contributed by atoms with Crippen molar-refractivity contribution in [2.45, 2.75) is 23.5 Å². The third-order valence-electron chi connectivity index (χ3n) is 5.13. The minimum atomic E-state index is -3.50. The fraction of sp³-hybridized carbons (Fsp3) is 0.333. The lowest BCUT2D eigenvalue weighted by Crippen LogP contribution is -2.33. The number of hydrogen-bond donors (Lipinski definition) is 0. The minimum absolute atomic E-state index is 0.206. The molecule has 0 radical (unpaired) electrons. The van der Waals surface area contributed by atoms with Crippen LogP contribution in [0.25, 0.3) is 0 Å². The van der Waals surface area contributed by atoms with Crippen LogP contribution in [0.5, 0.6) is 0 Å². The van der Waals surface area contributed by atoms with E-state index in [1.54, 1.807) is 29.2 Å². The van der Waals surface area contributed by atoms with Gasteiger partial charge in [-0.05, 0) is 54.8 Å². The molecule has 6 nitrogen and oxygen atoms in total. The highest BCUT2D eigenvalue weighted by molar-refractivity contribution is 8.13. The van der Waals surface area contributed by atoms with Crippen molar-refractivity contribution in [1.82, 2.24) is 9.21 Å². The van der Waals surface area contributed by atoms with Crippen molar-refractivity contribution in [3.05, 3.63) is 65.5 Å². The SMILES string of the molecule is O=C(c1ccc(S(=O)(=O)N2CCCC2)cc1)N1CCN=C1SCc1ccc(F)cc1. The van der Waals surface area contributed by atoms with Crippen molar-refractivity contribution >= 4 is 32.9 Å². The third kappa shape index (κ3) is 4.43. The summed E-state index contributed by atoms with van der Waals surface area (Å²) in [5.74, 6) is 0.0903. The summed E-state index contributed by atoms with van der Waals surface area (Å²) in [6.45, 7) is 2.10. The van der Waals surface area contributed by atoms with Gasteiger partial charge in [0, 0.05) is 31.0 Å². The van der Waals surface area contributed by atoms with Crippen LogP contribution in [0.1, 0.15) is 28.8 Å². The molecular formula is C21H22FN3O3S2. The molecule has 2 heterocycles. The summed E-state index contributed by atoms with van der Waals surface area (Å²) in [5.41, 5.74) is 1.37. The van der Waals surface area contributed by atoms with E-state index in [1.165, 1.54) is 40.3 Å². The van der Waals surface area contributed by atoms with Crippen LogP contribution in [0.15, 0.2) is 58.4 Å². The number of amides is 1. The van der Waals surface area contributed by atoms with Gasteiger partial charge in [-0.25, -0.2) is 12.8 Å². The maximum atomic E-state index is 13.0. The van der Waals surface area contributed by atoms with Crippen LogP contribution in [0.2, 0.25) is 0 Å². The molecule has 2 aliphatic rings. The van der Waals surface area contributed by atoms with E-state index in [1.807, 2.05) is 0 Å². The standard InChI is InChI=1S/C21H22FN3O3S2/c22-18-7-3-16(4-8-18)15-29-21-23-11-14-25(21)20(26)17-5-9-19(10-6-17)30(27,28)24-12-1-2-13-24/h3-10H,1-2,11-15H2. The topological polar surface area (TPSA) is 70.1 Å². The molecule has 2 aromatic rings. The molecule has 0 aromatic heterocycles. The molecule has 0 atom stereocenters. The Balaban J connectivity index is 1.43. The Kier molecular flexibility index (Phi) is 6.21. The molecule has 4 rings (SSSR count). The van der Waals surface area contributed by atoms with Gasteiger partial charge in [-0.2, -0.15) is 4.31 Å². The lowest BCUT2D eigenvalue weighted by Gasteiger charge is -2.19. The lowest BCUT2D eigenvalue weighted by molar-refractivity contribution is 0.0860. The first-order valence-electron chi connectivity index (χ1n) is 9.79. The summed E-state index contributed by atoms with van der Waals surface area (Å²) < 4.78 is 39.8. The molecule has 1 saturated heterocycles. The smallest absolute Gasteiger partial charge is 0.259 e. The van der Waals surface area contributed by atoms with Crippen molar-refractivity contribution in [3.63, 3.8) is 0 Å². The average molecular weight is 448 g/mol. The van der Waals surface area contributed by atoms with Gasteiger partial charge in [0.1, 0.15) is 5.82 Å². The molecule has 0 bridgehead atoms. The van der Waals surface area contributed by atoms with Gasteiger partial charge in [-0.1, -0.05) is 23.9 Å². The fourth-order valence-electron chi connectivity index (χ4n) is 3.47. The summed E-state index contributed by atoms with van der Waals surface area (Å²) in [6.07, 6.45) is 1.75. The fourth-order valence-corrected chi connectivity index (χ4v) is 5.99. The maximum Gasteiger partial charge on any atom is 0.259 e. The number of sulfonamides is 1. The zero-order chi connectivity index (χ0) is 21.1. The largest absolute Gasteiger partial charge is 0.286 e. The molecule has 158 valence electrons. The zero-order valence-corrected chi connectivity index (χ0v) is 18.0. The molecule has 0 N–H and O–H groups in total. The molecular weight excluding hydrogens is 425 g/mol. The van der Waals surface area contributed by atoms with Crippen molar-refractivity contribution < 1.29 is 17.6 Å². The number of halogens is 1. The van der Waals surface area contributed by atoms with Gasteiger partial charge in [0.25, 0.3) is 5.91 Å². The highest BCUT2D eigenvalue weighted by Crippen LogP contribution is 2.24. The first kappa shape index (κ1) is 21.0. The number of thioether (sulfide) groups is 1. The minimum Gasteiger partial charge on any atom is -0.286 e. The number of carbonyl (C=O) groups excluding carboxylic acids is 1. The number of benzene rings is 2. The van der Waals surface area contributed by atoms with Gasteiger partial charge in [-0.3, -0.25) is 14.7 Å². The van der Waals surface area contributed by atoms with Gasteiger partial charge in [0.05, 0.1) is 11.4 Å². The number of aliphatic imine (C=N–C) groups is 1. The third-order valence-corrected chi connectivity index (χ3v) is 8.13. The Hall–Kier alpha value is -2.23. The number of rotatable bonds is 5. The Bertz CT molecular complexity index is 1050. The van der Waals surface area contributed by atoms with Crippen LogP contribution >= 0.6 is 11.8 Å². The van der Waals surface area contributed by atoms with E-state index < -0.39 is 10.0 Å². The summed E-state index contributed by atoms with van der Waals surface area (Å²) in [5, 5.41) is 0.623. The van der Waals surface area contributed by atoms with Crippen molar-refractivity contribution in [2.24, 2.45) is 4.99 Å². The van der Waals surface area contributed by atoms with E-state index in [4.69, 9.17) is 0 Å². The molecule has 0 unspecified atom stereocenters. The van der Waals surface area contributed by atoms with Crippen LogP contribution in [0.3, 0.4) is 0 Å². The Morgan fingerprint density at radius 3 is 2.33 bits per heavy atom. The number of nitrogens with zero attached hydrogens (tertiary/aromatic N) is 3. The van der Waals surface area contributed by atoms with Gasteiger partial charge in [0.15, 0.2) is 5.17 Å². The number of amidine groups is 1. The monoisotopic (exact) mass is 447 g/mol. The van der Waals surface area contributed by atoms with Crippen molar-refractivity contribution in [1.29, 1.82) is 0 Å². The molecule has 1 amide bonds. The molecule has 2 aliphatic heterocycles. The summed E-state index contributed by atoms with van der Waals surface area (Å²) in [4.78, 5) is 19.2. The van der Waals surface area contributed by atoms with Gasteiger partial charge in [-0.15, -0.1) is 0 Å². The second-order valence-electron chi connectivity index (χ2n) is 7.17. The molecule has 0 spiro atoms. The van der Waals surface area contributed by atoms with E-state index in [2.05, 4.69) is 4.99 Å². The van der Waals surface area contributed by atoms with E-state index in [9.17, 15) is 17.6 Å². The molecule has 30 heavy (non-hydrogen) atoms. The molecule has 9 heteroatoms. The van der Waals surface area contributed by atoms with Crippen LogP contribution in [-0.4, -0.2) is 54.9 Å². The summed E-state index contributed by atoms with van der Waals surface area (Å²) in [7, 11) is -3.50. The van der Waals surface area contributed by atoms with Crippen LogP contribution in [-0.2, 0) is 15.8 Å². The summed E-state index contributed by atoms with van der Waals surface area (Å²) in [6, 6.07) is 12.4. The molecule has 1 fully saturated rings. The normalized spacial score (nSPS) is 17.4. The second-order valence-corrected chi connectivity index (χ2v) is 10.1. The van der Waals surface area contributed by atoms with Crippen molar-refractivity contribution in [3.8, 4) is 0 Å². The highest BCUT2D eigenvalue weighted by Gasteiger charge is 2.28. The predicted molar refractivity (Wildman–Crippen MR) is 115 cm³/mol. The highest BCUT2D eigenvalue weighted by atomic mass is 32.2. The quantitative estimate of drug-likeness (QED) is 0.705. The van der Waals surface area contributed by atoms with E-state index in [0.717, 1.165) is 18.4 Å². The van der Waals surface area contributed by atoms with Gasteiger partial charge in [0.2, 0.25) is 10.0 Å². The number of carbonyl (C=O) groups is 1. The van der Waals surface area contributed by atoms with E-state index in [0.29, 0.717) is 42.7 Å². The molecule has 0 aliphatic carbocycles. The van der Waals surface area contributed by atoms with Gasteiger partial charge < -0.3 is 0 Å². The average Bonchev–Trinajstić information content (AvgIpc) is 3.45.